The number of ether oxygens (including phenoxy) is 1. The van der Waals surface area contributed by atoms with Crippen LogP contribution in [0.3, 0.4) is 0 Å². The molecule has 0 amide bonds. The van der Waals surface area contributed by atoms with Gasteiger partial charge in [-0.05, 0) is 37.3 Å². The lowest BCUT2D eigenvalue weighted by atomic mass is 9.83. The predicted molar refractivity (Wildman–Crippen MR) is 69.9 cm³/mol. The van der Waals surface area contributed by atoms with Gasteiger partial charge in [-0.25, -0.2) is 0 Å². The third-order valence-corrected chi connectivity index (χ3v) is 4.81. The Balaban J connectivity index is 1.68. The molecule has 0 aliphatic carbocycles. The Kier molecular flexibility index (Phi) is 3.24. The number of halogens is 1. The van der Waals surface area contributed by atoms with E-state index in [0.29, 0.717) is 18.1 Å². The zero-order chi connectivity index (χ0) is 11.8. The SMILES string of the molecule is OC(Cc1ccccc1Br)C1CC2CCC1O2. The molecule has 3 heteroatoms. The van der Waals surface area contributed by atoms with E-state index in [1.807, 2.05) is 18.2 Å². The molecule has 2 aliphatic rings. The van der Waals surface area contributed by atoms with Crippen molar-refractivity contribution in [2.45, 2.75) is 44.0 Å². The van der Waals surface area contributed by atoms with Gasteiger partial charge in [0.15, 0.2) is 0 Å². The van der Waals surface area contributed by atoms with E-state index in [9.17, 15) is 5.11 Å². The maximum absolute atomic E-state index is 10.3. The van der Waals surface area contributed by atoms with Crippen molar-refractivity contribution in [1.29, 1.82) is 0 Å². The summed E-state index contributed by atoms with van der Waals surface area (Å²) < 4.78 is 6.89. The second-order valence-corrected chi connectivity index (χ2v) is 5.99. The summed E-state index contributed by atoms with van der Waals surface area (Å²) in [5, 5.41) is 10.3. The molecule has 2 bridgehead atoms. The lowest BCUT2D eigenvalue weighted by Gasteiger charge is -2.24. The van der Waals surface area contributed by atoms with Gasteiger partial charge in [0.05, 0.1) is 18.3 Å². The van der Waals surface area contributed by atoms with E-state index >= 15 is 0 Å². The summed E-state index contributed by atoms with van der Waals surface area (Å²) in [7, 11) is 0. The standard InChI is InChI=1S/C14H17BrO2/c15-12-4-2-1-3-9(12)7-13(16)11-8-10-5-6-14(11)17-10/h1-4,10-11,13-14,16H,5-8H2. The van der Waals surface area contributed by atoms with Crippen molar-refractivity contribution in [1.82, 2.24) is 0 Å². The Hall–Kier alpha value is -0.380. The zero-order valence-electron chi connectivity index (χ0n) is 9.68. The fourth-order valence-corrected chi connectivity index (χ4v) is 3.57. The molecule has 0 saturated carbocycles. The Morgan fingerprint density at radius 1 is 1.35 bits per heavy atom. The third kappa shape index (κ3) is 2.28. The number of aliphatic hydroxyl groups is 1. The Bertz CT molecular complexity index is 407. The van der Waals surface area contributed by atoms with Gasteiger partial charge in [0, 0.05) is 10.4 Å². The molecule has 2 nitrogen and oxygen atoms in total. The van der Waals surface area contributed by atoms with Gasteiger partial charge in [0.25, 0.3) is 0 Å². The lowest BCUT2D eigenvalue weighted by molar-refractivity contribution is 0.0431. The predicted octanol–water partition coefficient (Wildman–Crippen LogP) is 2.92. The van der Waals surface area contributed by atoms with Crippen molar-refractivity contribution in [3.63, 3.8) is 0 Å². The van der Waals surface area contributed by atoms with Crippen molar-refractivity contribution >= 4 is 15.9 Å². The van der Waals surface area contributed by atoms with E-state index in [2.05, 4.69) is 22.0 Å². The van der Waals surface area contributed by atoms with Crippen molar-refractivity contribution < 1.29 is 9.84 Å². The molecule has 0 radical (unpaired) electrons. The van der Waals surface area contributed by atoms with Gasteiger partial charge >= 0.3 is 0 Å². The molecule has 3 rings (SSSR count). The molecule has 2 heterocycles. The van der Waals surface area contributed by atoms with Crippen LogP contribution in [0.25, 0.3) is 0 Å². The van der Waals surface area contributed by atoms with Crippen molar-refractivity contribution in [2.24, 2.45) is 5.92 Å². The van der Waals surface area contributed by atoms with Crippen LogP contribution in [0.15, 0.2) is 28.7 Å². The quantitative estimate of drug-likeness (QED) is 0.929. The van der Waals surface area contributed by atoms with Crippen molar-refractivity contribution in [2.75, 3.05) is 0 Å². The van der Waals surface area contributed by atoms with Gasteiger partial charge in [0.1, 0.15) is 0 Å². The molecular weight excluding hydrogens is 280 g/mol. The number of fused-ring (bicyclic) bond motifs is 2. The molecule has 0 aromatic heterocycles. The Morgan fingerprint density at radius 2 is 2.18 bits per heavy atom. The average molecular weight is 297 g/mol. The minimum atomic E-state index is -0.274. The van der Waals surface area contributed by atoms with Crippen LogP contribution in [0, 0.1) is 5.92 Å². The number of hydrogen-bond acceptors (Lipinski definition) is 2. The highest BCUT2D eigenvalue weighted by molar-refractivity contribution is 9.10. The first-order chi connectivity index (χ1) is 8.24. The van der Waals surface area contributed by atoms with Gasteiger partial charge in [-0.15, -0.1) is 0 Å². The highest BCUT2D eigenvalue weighted by atomic mass is 79.9. The molecule has 4 unspecified atom stereocenters. The smallest absolute Gasteiger partial charge is 0.0634 e. The largest absolute Gasteiger partial charge is 0.392 e. The first-order valence-corrected chi connectivity index (χ1v) is 7.10. The van der Waals surface area contributed by atoms with Gasteiger partial charge in [-0.2, -0.15) is 0 Å². The minimum absolute atomic E-state index is 0.274. The van der Waals surface area contributed by atoms with Crippen molar-refractivity contribution in [3.8, 4) is 0 Å². The molecule has 4 atom stereocenters. The fourth-order valence-electron chi connectivity index (χ4n) is 3.12. The van der Waals surface area contributed by atoms with Crippen LogP contribution in [0.5, 0.6) is 0 Å². The van der Waals surface area contributed by atoms with Crippen LogP contribution in [-0.4, -0.2) is 23.4 Å². The van der Waals surface area contributed by atoms with Crippen LogP contribution >= 0.6 is 15.9 Å². The van der Waals surface area contributed by atoms with Crippen molar-refractivity contribution in [3.05, 3.63) is 34.3 Å². The number of aliphatic hydroxyl groups excluding tert-OH is 1. The molecule has 92 valence electrons. The highest BCUT2D eigenvalue weighted by Crippen LogP contribution is 2.41. The number of hydrogen-bond donors (Lipinski definition) is 1. The summed E-state index contributed by atoms with van der Waals surface area (Å²) in [4.78, 5) is 0. The van der Waals surface area contributed by atoms with Gasteiger partial charge in [-0.3, -0.25) is 0 Å². The molecule has 2 saturated heterocycles. The third-order valence-electron chi connectivity index (χ3n) is 4.03. The summed E-state index contributed by atoms with van der Waals surface area (Å²) in [6.45, 7) is 0. The van der Waals surface area contributed by atoms with E-state index in [1.54, 1.807) is 0 Å². The molecule has 1 N–H and O–H groups in total. The van der Waals surface area contributed by atoms with E-state index in [0.717, 1.165) is 23.7 Å². The van der Waals surface area contributed by atoms with Gasteiger partial charge in [0.2, 0.25) is 0 Å². The monoisotopic (exact) mass is 296 g/mol. The normalized spacial score (nSPS) is 32.9. The maximum Gasteiger partial charge on any atom is 0.0634 e. The molecule has 1 aromatic carbocycles. The molecule has 1 aromatic rings. The number of benzene rings is 1. The van der Waals surface area contributed by atoms with Gasteiger partial charge < -0.3 is 9.84 Å². The minimum Gasteiger partial charge on any atom is -0.392 e. The second kappa shape index (κ2) is 4.71. The Morgan fingerprint density at radius 3 is 2.82 bits per heavy atom. The summed E-state index contributed by atoms with van der Waals surface area (Å²) in [5.74, 6) is 0.334. The summed E-state index contributed by atoms with van der Waals surface area (Å²) in [5.41, 5.74) is 1.18. The molecule has 0 spiro atoms. The first kappa shape index (κ1) is 11.7. The van der Waals surface area contributed by atoms with E-state index in [1.165, 1.54) is 12.0 Å². The van der Waals surface area contributed by atoms with Crippen LogP contribution in [0.2, 0.25) is 0 Å². The van der Waals surface area contributed by atoms with E-state index in [-0.39, 0.29) is 6.10 Å². The molecule has 2 fully saturated rings. The fraction of sp³-hybridized carbons (Fsp3) is 0.571. The van der Waals surface area contributed by atoms with Crippen LogP contribution in [-0.2, 0) is 11.2 Å². The topological polar surface area (TPSA) is 29.5 Å². The van der Waals surface area contributed by atoms with Crippen LogP contribution in [0.1, 0.15) is 24.8 Å². The lowest BCUT2D eigenvalue weighted by Crippen LogP contribution is -2.31. The summed E-state index contributed by atoms with van der Waals surface area (Å²) >= 11 is 3.53. The highest BCUT2D eigenvalue weighted by Gasteiger charge is 2.43. The average Bonchev–Trinajstić information content (AvgIpc) is 2.94. The second-order valence-electron chi connectivity index (χ2n) is 5.14. The van der Waals surface area contributed by atoms with Crippen LogP contribution in [0.4, 0.5) is 0 Å². The van der Waals surface area contributed by atoms with E-state index < -0.39 is 0 Å². The molecule has 2 aliphatic heterocycles. The van der Waals surface area contributed by atoms with Gasteiger partial charge in [-0.1, -0.05) is 34.1 Å². The molecular formula is C14H17BrO2. The van der Waals surface area contributed by atoms with E-state index in [4.69, 9.17) is 4.74 Å². The first-order valence-electron chi connectivity index (χ1n) is 6.31. The maximum atomic E-state index is 10.3. The molecule has 17 heavy (non-hydrogen) atoms. The summed E-state index contributed by atoms with van der Waals surface area (Å²) in [6, 6.07) is 8.12. The zero-order valence-corrected chi connectivity index (χ0v) is 11.3. The Labute approximate surface area is 110 Å². The summed E-state index contributed by atoms with van der Waals surface area (Å²) in [6.07, 6.45) is 4.51. The van der Waals surface area contributed by atoms with Crippen LogP contribution < -0.4 is 0 Å². The number of rotatable bonds is 3.